The summed E-state index contributed by atoms with van der Waals surface area (Å²) in [6.45, 7) is 3.40. The monoisotopic (exact) mass is 317 g/mol. The van der Waals surface area contributed by atoms with Gasteiger partial charge in [-0.15, -0.1) is 0 Å². The summed E-state index contributed by atoms with van der Waals surface area (Å²) in [4.78, 5) is 22.2. The fraction of sp³-hybridized carbons (Fsp3) is 0.200. The summed E-state index contributed by atoms with van der Waals surface area (Å²) in [5.74, 6) is 0.0994. The molecular weight excluding hydrogens is 298 g/mol. The van der Waals surface area contributed by atoms with E-state index in [-0.39, 0.29) is 5.91 Å². The predicted octanol–water partition coefficient (Wildman–Crippen LogP) is 3.80. The third-order valence-corrected chi connectivity index (χ3v) is 4.58. The van der Waals surface area contributed by atoms with Crippen molar-refractivity contribution >= 4 is 22.5 Å². The van der Waals surface area contributed by atoms with E-state index < -0.39 is 0 Å². The van der Waals surface area contributed by atoms with Gasteiger partial charge in [-0.05, 0) is 43.2 Å². The molecule has 0 aliphatic carbocycles. The average Bonchev–Trinajstić information content (AvgIpc) is 3.06. The molecule has 4 nitrogen and oxygen atoms in total. The SMILES string of the molecule is Cc1ccc(C(=O)N2CC=C(c3c[nH]c4cccnc34)CC2)cc1. The number of amides is 1. The molecule has 0 fully saturated rings. The Labute approximate surface area is 140 Å². The van der Waals surface area contributed by atoms with Crippen molar-refractivity contribution in [2.24, 2.45) is 0 Å². The van der Waals surface area contributed by atoms with E-state index >= 15 is 0 Å². The second kappa shape index (κ2) is 5.96. The van der Waals surface area contributed by atoms with Crippen molar-refractivity contribution in [3.63, 3.8) is 0 Å². The zero-order chi connectivity index (χ0) is 16.5. The molecule has 0 unspecified atom stereocenters. The van der Waals surface area contributed by atoms with Gasteiger partial charge in [-0.2, -0.15) is 0 Å². The highest BCUT2D eigenvalue weighted by Crippen LogP contribution is 2.28. The van der Waals surface area contributed by atoms with E-state index in [2.05, 4.69) is 16.0 Å². The van der Waals surface area contributed by atoms with Crippen LogP contribution in [0.2, 0.25) is 0 Å². The minimum absolute atomic E-state index is 0.0994. The molecule has 0 bridgehead atoms. The molecule has 120 valence electrons. The third-order valence-electron chi connectivity index (χ3n) is 4.58. The minimum atomic E-state index is 0.0994. The number of aromatic nitrogens is 2. The highest BCUT2D eigenvalue weighted by Gasteiger charge is 2.20. The lowest BCUT2D eigenvalue weighted by atomic mass is 10.0. The van der Waals surface area contributed by atoms with Gasteiger partial charge in [0.2, 0.25) is 0 Å². The molecule has 4 rings (SSSR count). The van der Waals surface area contributed by atoms with Crippen LogP contribution < -0.4 is 0 Å². The van der Waals surface area contributed by atoms with Gasteiger partial charge in [0.05, 0.1) is 11.0 Å². The Hall–Kier alpha value is -2.88. The number of carbonyl (C=O) groups excluding carboxylic acids is 1. The summed E-state index contributed by atoms with van der Waals surface area (Å²) in [6.07, 6.45) is 6.82. The molecule has 0 saturated heterocycles. The molecule has 0 saturated carbocycles. The van der Waals surface area contributed by atoms with E-state index in [1.54, 1.807) is 0 Å². The predicted molar refractivity (Wildman–Crippen MR) is 95.8 cm³/mol. The van der Waals surface area contributed by atoms with Crippen molar-refractivity contribution in [3.05, 3.63) is 71.6 Å². The summed E-state index contributed by atoms with van der Waals surface area (Å²) in [5, 5.41) is 0. The Morgan fingerprint density at radius 1 is 1.21 bits per heavy atom. The molecule has 0 spiro atoms. The minimum Gasteiger partial charge on any atom is -0.359 e. The number of aromatic amines is 1. The Bertz CT molecular complexity index is 921. The van der Waals surface area contributed by atoms with Crippen LogP contribution in [0.5, 0.6) is 0 Å². The number of nitrogens with one attached hydrogen (secondary N) is 1. The zero-order valence-electron chi connectivity index (χ0n) is 13.6. The van der Waals surface area contributed by atoms with Gasteiger partial charge < -0.3 is 9.88 Å². The average molecular weight is 317 g/mol. The maximum atomic E-state index is 12.6. The van der Waals surface area contributed by atoms with Gasteiger partial charge in [-0.3, -0.25) is 9.78 Å². The van der Waals surface area contributed by atoms with Crippen LogP contribution in [0.15, 0.2) is 54.9 Å². The Morgan fingerprint density at radius 2 is 2.04 bits per heavy atom. The first-order chi connectivity index (χ1) is 11.7. The van der Waals surface area contributed by atoms with E-state index in [1.807, 2.05) is 60.6 Å². The first-order valence-corrected chi connectivity index (χ1v) is 8.20. The van der Waals surface area contributed by atoms with Gasteiger partial charge in [0.15, 0.2) is 0 Å². The molecule has 2 aromatic heterocycles. The second-order valence-corrected chi connectivity index (χ2v) is 6.20. The maximum absolute atomic E-state index is 12.6. The lowest BCUT2D eigenvalue weighted by molar-refractivity contribution is 0.0773. The van der Waals surface area contributed by atoms with Gasteiger partial charge >= 0.3 is 0 Å². The Balaban J connectivity index is 1.55. The number of aryl methyl sites for hydroxylation is 1. The number of hydrogen-bond donors (Lipinski definition) is 1. The van der Waals surface area contributed by atoms with Crippen molar-refractivity contribution in [1.82, 2.24) is 14.9 Å². The van der Waals surface area contributed by atoms with Crippen molar-refractivity contribution in [2.45, 2.75) is 13.3 Å². The molecule has 1 aliphatic rings. The molecule has 24 heavy (non-hydrogen) atoms. The maximum Gasteiger partial charge on any atom is 0.254 e. The summed E-state index contributed by atoms with van der Waals surface area (Å²) in [5.41, 5.74) is 6.37. The van der Waals surface area contributed by atoms with Crippen LogP contribution in [0.25, 0.3) is 16.6 Å². The highest BCUT2D eigenvalue weighted by atomic mass is 16.2. The van der Waals surface area contributed by atoms with Crippen molar-refractivity contribution in [3.8, 4) is 0 Å². The van der Waals surface area contributed by atoms with Crippen LogP contribution in [0.3, 0.4) is 0 Å². The lowest BCUT2D eigenvalue weighted by Gasteiger charge is -2.26. The second-order valence-electron chi connectivity index (χ2n) is 6.20. The number of fused-ring (bicyclic) bond motifs is 1. The van der Waals surface area contributed by atoms with E-state index in [1.165, 1.54) is 11.1 Å². The van der Waals surface area contributed by atoms with Gasteiger partial charge in [0.1, 0.15) is 0 Å². The first kappa shape index (κ1) is 14.7. The smallest absolute Gasteiger partial charge is 0.254 e. The molecular formula is C20H19N3O. The number of nitrogens with zero attached hydrogens (tertiary/aromatic N) is 2. The first-order valence-electron chi connectivity index (χ1n) is 8.20. The van der Waals surface area contributed by atoms with Crippen molar-refractivity contribution < 1.29 is 4.79 Å². The Morgan fingerprint density at radius 3 is 2.79 bits per heavy atom. The van der Waals surface area contributed by atoms with Gasteiger partial charge in [-0.1, -0.05) is 23.8 Å². The number of H-pyrrole nitrogens is 1. The number of hydrogen-bond acceptors (Lipinski definition) is 2. The summed E-state index contributed by atoms with van der Waals surface area (Å²) in [6, 6.07) is 11.7. The molecule has 1 aliphatic heterocycles. The number of rotatable bonds is 2. The molecule has 1 amide bonds. The van der Waals surface area contributed by atoms with E-state index in [0.29, 0.717) is 6.54 Å². The summed E-state index contributed by atoms with van der Waals surface area (Å²) in [7, 11) is 0. The van der Waals surface area contributed by atoms with E-state index in [0.717, 1.165) is 35.1 Å². The van der Waals surface area contributed by atoms with Crippen LogP contribution in [-0.2, 0) is 0 Å². The standard InChI is InChI=1S/C20H19N3O/c1-14-4-6-16(7-5-14)20(24)23-11-8-15(9-12-23)17-13-22-18-3-2-10-21-19(17)18/h2-8,10,13,22H,9,11-12H2,1H3. The zero-order valence-corrected chi connectivity index (χ0v) is 13.6. The van der Waals surface area contributed by atoms with Crippen LogP contribution in [0, 0.1) is 6.92 Å². The van der Waals surface area contributed by atoms with Crippen LogP contribution in [0.1, 0.15) is 27.9 Å². The molecule has 3 heterocycles. The number of pyridine rings is 1. The highest BCUT2D eigenvalue weighted by molar-refractivity contribution is 5.95. The van der Waals surface area contributed by atoms with Crippen LogP contribution in [-0.4, -0.2) is 33.9 Å². The van der Waals surface area contributed by atoms with Crippen LogP contribution in [0.4, 0.5) is 0 Å². The summed E-state index contributed by atoms with van der Waals surface area (Å²) >= 11 is 0. The molecule has 0 atom stereocenters. The fourth-order valence-corrected chi connectivity index (χ4v) is 3.18. The molecule has 1 aromatic carbocycles. The molecule has 4 heteroatoms. The number of benzene rings is 1. The summed E-state index contributed by atoms with van der Waals surface area (Å²) < 4.78 is 0. The van der Waals surface area contributed by atoms with Crippen molar-refractivity contribution in [2.75, 3.05) is 13.1 Å². The topological polar surface area (TPSA) is 49.0 Å². The van der Waals surface area contributed by atoms with Crippen LogP contribution >= 0.6 is 0 Å². The van der Waals surface area contributed by atoms with E-state index in [4.69, 9.17) is 0 Å². The Kier molecular flexibility index (Phi) is 3.65. The largest absolute Gasteiger partial charge is 0.359 e. The molecule has 1 N–H and O–H groups in total. The van der Waals surface area contributed by atoms with Crippen molar-refractivity contribution in [1.29, 1.82) is 0 Å². The molecule has 0 radical (unpaired) electrons. The van der Waals surface area contributed by atoms with E-state index in [9.17, 15) is 4.79 Å². The quantitative estimate of drug-likeness (QED) is 0.781. The normalized spacial score (nSPS) is 14.7. The van der Waals surface area contributed by atoms with Gasteiger partial charge in [0.25, 0.3) is 5.91 Å². The fourth-order valence-electron chi connectivity index (χ4n) is 3.18. The van der Waals surface area contributed by atoms with Gasteiger partial charge in [0, 0.05) is 36.6 Å². The molecule has 3 aromatic rings. The number of carbonyl (C=O) groups is 1. The lowest BCUT2D eigenvalue weighted by Crippen LogP contribution is -2.34. The van der Waals surface area contributed by atoms with Gasteiger partial charge in [-0.25, -0.2) is 0 Å². The third kappa shape index (κ3) is 2.60.